The second-order valence-electron chi connectivity index (χ2n) is 5.15. The number of anilines is 1. The van der Waals surface area contributed by atoms with Crippen molar-refractivity contribution in [3.05, 3.63) is 17.7 Å². The van der Waals surface area contributed by atoms with Crippen LogP contribution in [-0.2, 0) is 6.54 Å². The zero-order valence-electron chi connectivity index (χ0n) is 13.9. The Balaban J connectivity index is 2.28. The molecule has 0 unspecified atom stereocenters. The first-order valence-corrected chi connectivity index (χ1v) is 7.56. The molecule has 5 N–H and O–H groups in total. The summed E-state index contributed by atoms with van der Waals surface area (Å²) in [7, 11) is 1.82. The maximum atomic E-state index is 6.05. The van der Waals surface area contributed by atoms with Crippen molar-refractivity contribution in [3.8, 4) is 0 Å². The van der Waals surface area contributed by atoms with Crippen molar-refractivity contribution in [1.82, 2.24) is 34.7 Å². The maximum Gasteiger partial charge on any atom is 0.225 e. The summed E-state index contributed by atoms with van der Waals surface area (Å²) >= 11 is 0. The third-order valence-corrected chi connectivity index (χ3v) is 3.64. The Morgan fingerprint density at radius 3 is 2.83 bits per heavy atom. The molecule has 0 saturated heterocycles. The molecule has 0 amide bonds. The van der Waals surface area contributed by atoms with Gasteiger partial charge in [-0.2, -0.15) is 14.6 Å². The molecule has 3 aromatic heterocycles. The van der Waals surface area contributed by atoms with E-state index in [1.165, 1.54) is 4.52 Å². The molecule has 0 atom stereocenters. The summed E-state index contributed by atoms with van der Waals surface area (Å²) < 4.78 is 3.21. The Kier molecular flexibility index (Phi) is 4.13. The second-order valence-corrected chi connectivity index (χ2v) is 5.15. The quantitative estimate of drug-likeness (QED) is 0.561. The predicted octanol–water partition coefficient (Wildman–Crippen LogP) is 0.0135. The standard InChI is InChI=1S/C14H20N10/c1-4-18-10(8(2)17-3)11-20-13-9-7-19-23(6-5-15)12(9)21-14(16)24(13)22-11/h4,7,17H,5-6,15H2,1-3H3,(H2,16,21)/b10-8-,18-4-. The molecule has 24 heavy (non-hydrogen) atoms. The Hall–Kier alpha value is -3.01. The van der Waals surface area contributed by atoms with Gasteiger partial charge in [-0.05, 0) is 13.8 Å². The van der Waals surface area contributed by atoms with Crippen LogP contribution in [0, 0.1) is 0 Å². The predicted molar refractivity (Wildman–Crippen MR) is 93.4 cm³/mol. The lowest BCUT2D eigenvalue weighted by atomic mass is 10.3. The number of hydrogen-bond donors (Lipinski definition) is 3. The van der Waals surface area contributed by atoms with Gasteiger partial charge in [0.05, 0.1) is 18.1 Å². The van der Waals surface area contributed by atoms with E-state index in [9.17, 15) is 0 Å². The van der Waals surface area contributed by atoms with Gasteiger partial charge >= 0.3 is 0 Å². The van der Waals surface area contributed by atoms with E-state index >= 15 is 0 Å². The van der Waals surface area contributed by atoms with Crippen LogP contribution < -0.4 is 16.8 Å². The molecule has 10 nitrogen and oxygen atoms in total. The molecule has 0 saturated carbocycles. The van der Waals surface area contributed by atoms with E-state index in [0.717, 1.165) is 11.1 Å². The first-order chi connectivity index (χ1) is 11.6. The van der Waals surface area contributed by atoms with Gasteiger partial charge in [0.25, 0.3) is 0 Å². The number of hydrogen-bond acceptors (Lipinski definition) is 8. The van der Waals surface area contributed by atoms with Gasteiger partial charge in [0.1, 0.15) is 5.70 Å². The number of fused-ring (bicyclic) bond motifs is 3. The number of aliphatic imine (C=N–C) groups is 1. The average molecular weight is 328 g/mol. The Bertz CT molecular complexity index is 945. The van der Waals surface area contributed by atoms with Gasteiger partial charge in [-0.3, -0.25) is 4.99 Å². The first kappa shape index (κ1) is 15.9. The van der Waals surface area contributed by atoms with E-state index in [-0.39, 0.29) is 5.95 Å². The van der Waals surface area contributed by atoms with Crippen molar-refractivity contribution in [2.45, 2.75) is 20.4 Å². The number of nitrogens with two attached hydrogens (primary N) is 2. The summed E-state index contributed by atoms with van der Waals surface area (Å²) in [5.41, 5.74) is 14.4. The van der Waals surface area contributed by atoms with Gasteiger partial charge in [0.15, 0.2) is 11.3 Å². The Morgan fingerprint density at radius 2 is 2.17 bits per heavy atom. The first-order valence-electron chi connectivity index (χ1n) is 7.56. The van der Waals surface area contributed by atoms with Crippen LogP contribution in [0.2, 0.25) is 0 Å². The van der Waals surface area contributed by atoms with Gasteiger partial charge < -0.3 is 16.8 Å². The number of rotatable bonds is 5. The monoisotopic (exact) mass is 328 g/mol. The van der Waals surface area contributed by atoms with Crippen molar-refractivity contribution in [2.24, 2.45) is 10.7 Å². The van der Waals surface area contributed by atoms with Crippen LogP contribution in [0.4, 0.5) is 5.95 Å². The largest absolute Gasteiger partial charge is 0.390 e. The summed E-state index contributed by atoms with van der Waals surface area (Å²) in [4.78, 5) is 13.3. The molecular formula is C14H20N10. The fourth-order valence-corrected chi connectivity index (χ4v) is 2.41. The molecule has 0 aliphatic rings. The number of aromatic nitrogens is 6. The number of nitrogens with one attached hydrogen (secondary N) is 1. The zero-order chi connectivity index (χ0) is 17.3. The molecule has 0 aliphatic heterocycles. The molecule has 10 heteroatoms. The van der Waals surface area contributed by atoms with E-state index in [2.05, 4.69) is 30.5 Å². The topological polar surface area (TPSA) is 137 Å². The van der Waals surface area contributed by atoms with E-state index < -0.39 is 0 Å². The molecule has 0 spiro atoms. The van der Waals surface area contributed by atoms with Crippen LogP contribution in [0.15, 0.2) is 16.9 Å². The molecular weight excluding hydrogens is 308 g/mol. The Morgan fingerprint density at radius 1 is 1.38 bits per heavy atom. The SMILES string of the molecule is C/C=N\C(=C(\C)NC)c1nc2c3cnn(CCN)c3nc(N)n2n1. The zero-order valence-corrected chi connectivity index (χ0v) is 13.9. The fraction of sp³-hybridized carbons (Fsp3) is 0.357. The van der Waals surface area contributed by atoms with Gasteiger partial charge in [0, 0.05) is 25.5 Å². The molecule has 0 bridgehead atoms. The summed E-state index contributed by atoms with van der Waals surface area (Å²) in [5.74, 6) is 0.699. The van der Waals surface area contributed by atoms with Gasteiger partial charge in [-0.15, -0.1) is 5.10 Å². The van der Waals surface area contributed by atoms with Crippen molar-refractivity contribution >= 4 is 34.5 Å². The van der Waals surface area contributed by atoms with Gasteiger partial charge in [0.2, 0.25) is 11.8 Å². The average Bonchev–Trinajstić information content (AvgIpc) is 3.17. The van der Waals surface area contributed by atoms with Crippen LogP contribution in [0.5, 0.6) is 0 Å². The van der Waals surface area contributed by atoms with Crippen molar-refractivity contribution in [1.29, 1.82) is 0 Å². The highest BCUT2D eigenvalue weighted by Gasteiger charge is 2.18. The molecule has 3 aromatic rings. The summed E-state index contributed by atoms with van der Waals surface area (Å²) in [6, 6.07) is 0. The molecule has 0 aromatic carbocycles. The fourth-order valence-electron chi connectivity index (χ4n) is 2.41. The number of nitrogens with zero attached hydrogens (tertiary/aromatic N) is 7. The van der Waals surface area contributed by atoms with E-state index in [0.29, 0.717) is 35.9 Å². The highest BCUT2D eigenvalue weighted by molar-refractivity contribution is 5.90. The summed E-state index contributed by atoms with van der Waals surface area (Å²) in [6.07, 6.45) is 3.39. The normalized spacial score (nSPS) is 13.2. The van der Waals surface area contributed by atoms with E-state index in [4.69, 9.17) is 11.5 Å². The molecule has 126 valence electrons. The van der Waals surface area contributed by atoms with Crippen molar-refractivity contribution in [3.63, 3.8) is 0 Å². The van der Waals surface area contributed by atoms with E-state index in [1.807, 2.05) is 20.9 Å². The number of allylic oxidation sites excluding steroid dienone is 1. The molecule has 3 rings (SSSR count). The van der Waals surface area contributed by atoms with Gasteiger partial charge in [-0.25, -0.2) is 9.67 Å². The maximum absolute atomic E-state index is 6.05. The second kappa shape index (κ2) is 6.24. The Labute approximate surface area is 138 Å². The molecule has 0 fully saturated rings. The molecule has 0 aliphatic carbocycles. The van der Waals surface area contributed by atoms with Crippen molar-refractivity contribution < 1.29 is 0 Å². The van der Waals surface area contributed by atoms with E-state index in [1.54, 1.807) is 17.1 Å². The lowest BCUT2D eigenvalue weighted by Gasteiger charge is -2.03. The third kappa shape index (κ3) is 2.46. The molecule has 3 heterocycles. The smallest absolute Gasteiger partial charge is 0.225 e. The van der Waals surface area contributed by atoms with Crippen LogP contribution in [0.25, 0.3) is 22.4 Å². The molecule has 0 radical (unpaired) electrons. The van der Waals surface area contributed by atoms with Crippen LogP contribution in [-0.4, -0.2) is 49.2 Å². The van der Waals surface area contributed by atoms with Crippen LogP contribution in [0.1, 0.15) is 19.7 Å². The summed E-state index contributed by atoms with van der Waals surface area (Å²) in [6.45, 7) is 4.76. The van der Waals surface area contributed by atoms with Crippen LogP contribution >= 0.6 is 0 Å². The van der Waals surface area contributed by atoms with Crippen LogP contribution in [0.3, 0.4) is 0 Å². The lowest BCUT2D eigenvalue weighted by molar-refractivity contribution is 0.640. The third-order valence-electron chi connectivity index (χ3n) is 3.64. The highest BCUT2D eigenvalue weighted by atomic mass is 15.4. The minimum absolute atomic E-state index is 0.233. The highest BCUT2D eigenvalue weighted by Crippen LogP contribution is 2.22. The number of nitrogen functional groups attached to an aromatic ring is 1. The van der Waals surface area contributed by atoms with Crippen molar-refractivity contribution in [2.75, 3.05) is 19.3 Å². The minimum Gasteiger partial charge on any atom is -0.390 e. The van der Waals surface area contributed by atoms with Gasteiger partial charge in [-0.1, -0.05) is 0 Å². The lowest BCUT2D eigenvalue weighted by Crippen LogP contribution is -2.12. The summed E-state index contributed by atoms with van der Waals surface area (Å²) in [5, 5.41) is 12.6. The minimum atomic E-state index is 0.233.